The van der Waals surface area contributed by atoms with E-state index in [1.54, 1.807) is 149 Å². The highest BCUT2D eigenvalue weighted by molar-refractivity contribution is 5.91. The molecule has 24 heteroatoms. The van der Waals surface area contributed by atoms with E-state index in [9.17, 15) is 43.2 Å². The van der Waals surface area contributed by atoms with Gasteiger partial charge in [-0.05, 0) is 128 Å². The summed E-state index contributed by atoms with van der Waals surface area (Å²) in [7, 11) is 0. The van der Waals surface area contributed by atoms with Crippen molar-refractivity contribution in [3.05, 3.63) is 71.8 Å². The lowest BCUT2D eigenvalue weighted by Gasteiger charge is -2.30. The molecule has 0 fully saturated rings. The minimum Gasteiger partial charge on any atom is -0.459 e. The van der Waals surface area contributed by atoms with Crippen molar-refractivity contribution in [3.8, 4) is 0 Å². The van der Waals surface area contributed by atoms with Gasteiger partial charge in [-0.3, -0.25) is 63.9 Å². The summed E-state index contributed by atoms with van der Waals surface area (Å²) in [6.45, 7) is 24.8. The van der Waals surface area contributed by atoms with Crippen LogP contribution in [0.4, 0.5) is 4.79 Å². The number of ether oxygens (including phenoxy) is 7. The van der Waals surface area contributed by atoms with Gasteiger partial charge in [-0.1, -0.05) is 60.7 Å². The minimum atomic E-state index is -1.15. The maximum absolute atomic E-state index is 13.6. The number of carbonyl (C=O) groups excluding carboxylic acids is 9. The number of hydrazine groups is 1. The number of carbonyl (C=O) groups is 9. The van der Waals surface area contributed by atoms with Crippen LogP contribution in [0.15, 0.2) is 60.7 Å². The number of benzene rings is 2. The molecule has 2 atom stereocenters. The zero-order valence-corrected chi connectivity index (χ0v) is 52.3. The van der Waals surface area contributed by atoms with Gasteiger partial charge >= 0.3 is 30.0 Å². The summed E-state index contributed by atoms with van der Waals surface area (Å²) in [6, 6.07) is 16.1. The third-order valence-electron chi connectivity index (χ3n) is 10.9. The first-order valence-corrected chi connectivity index (χ1v) is 28.4. The van der Waals surface area contributed by atoms with E-state index < -0.39 is 100 Å². The van der Waals surface area contributed by atoms with Gasteiger partial charge < -0.3 is 49.1 Å². The van der Waals surface area contributed by atoms with Gasteiger partial charge in [0.05, 0.1) is 52.5 Å². The van der Waals surface area contributed by atoms with Crippen LogP contribution in [0.2, 0.25) is 0 Å². The number of aryl methyl sites for hydroxylation is 1. The molecule has 2 aromatic carbocycles. The Kier molecular flexibility index (Phi) is 31.0. The van der Waals surface area contributed by atoms with Gasteiger partial charge in [0.1, 0.15) is 46.7 Å². The van der Waals surface area contributed by atoms with E-state index in [1.807, 2.05) is 30.3 Å². The lowest BCUT2D eigenvalue weighted by molar-refractivity contribution is -0.162. The zero-order chi connectivity index (χ0) is 63.3. The maximum Gasteiger partial charge on any atom is 0.408 e. The van der Waals surface area contributed by atoms with Crippen molar-refractivity contribution in [2.45, 2.75) is 163 Å². The molecule has 24 nitrogen and oxygen atoms in total. The fraction of sp³-hybridized carbons (Fsp3) is 0.650. The first-order chi connectivity index (χ1) is 38.9. The fourth-order valence-electron chi connectivity index (χ4n) is 7.66. The molecule has 0 spiro atoms. The van der Waals surface area contributed by atoms with Crippen LogP contribution >= 0.6 is 0 Å². The van der Waals surface area contributed by atoms with Crippen LogP contribution in [0.5, 0.6) is 0 Å². The Labute approximate surface area is 496 Å². The predicted octanol–water partition coefficient (Wildman–Crippen LogP) is 3.81. The summed E-state index contributed by atoms with van der Waals surface area (Å²) >= 11 is 0. The standard InChI is InChI=1S/C60H96N8O16/c1-56(2,3)80-49(71)38-67(39-50(72)81-57(4,5)6)31-29-66(30-32-68(40-51(73)82-58(7,8)9)41-52(74)83-59(10,11)12)37-47(69)61-28-33-78-34-35-79-42-48(70)62-46(36-44-24-20-17-21-25-44)54(76)65-64-53(75)45(63-55(77)84-60(13,14)15)27-26-43-22-18-16-19-23-43/h16-25,45-46H,26-42H2,1-15H3,(H,61,69)(H,62,70)(H,63,77)(H,64,75)(H,65,76)/t45-,46?/m1/s1. The average molecular weight is 1190 g/mol. The van der Waals surface area contributed by atoms with E-state index in [2.05, 4.69) is 26.8 Å². The van der Waals surface area contributed by atoms with Crippen molar-refractivity contribution < 1.29 is 76.3 Å². The first kappa shape index (κ1) is 73.4. The van der Waals surface area contributed by atoms with Gasteiger partial charge in [0, 0.05) is 39.1 Å². The van der Waals surface area contributed by atoms with Crippen molar-refractivity contribution in [1.82, 2.24) is 41.5 Å². The second kappa shape index (κ2) is 35.5. The largest absolute Gasteiger partial charge is 0.459 e. The van der Waals surface area contributed by atoms with Crippen LogP contribution in [0.3, 0.4) is 0 Å². The molecule has 1 unspecified atom stereocenters. The molecule has 0 aliphatic heterocycles. The number of alkyl carbamates (subject to hydrolysis) is 1. The molecule has 0 radical (unpaired) electrons. The number of rotatable bonds is 33. The molecular formula is C60H96N8O16. The Hall–Kier alpha value is -6.73. The molecule has 0 aliphatic rings. The van der Waals surface area contributed by atoms with E-state index in [-0.39, 0.29) is 98.1 Å². The van der Waals surface area contributed by atoms with Gasteiger partial charge in [-0.15, -0.1) is 0 Å². The highest BCUT2D eigenvalue weighted by Crippen LogP contribution is 2.14. The van der Waals surface area contributed by atoms with Crippen molar-refractivity contribution >= 4 is 53.6 Å². The lowest BCUT2D eigenvalue weighted by atomic mass is 10.0. The van der Waals surface area contributed by atoms with E-state index in [1.165, 1.54) is 0 Å². The minimum absolute atomic E-state index is 0.0258. The van der Waals surface area contributed by atoms with Gasteiger partial charge in [0.15, 0.2) is 0 Å². The fourth-order valence-corrected chi connectivity index (χ4v) is 7.66. The molecule has 5 amide bonds. The number of hydrogen-bond acceptors (Lipinski definition) is 19. The number of amides is 5. The topological polar surface area (TPSA) is 288 Å². The van der Waals surface area contributed by atoms with E-state index in [0.29, 0.717) is 6.42 Å². The smallest absolute Gasteiger partial charge is 0.408 e. The van der Waals surface area contributed by atoms with Crippen LogP contribution in [0.1, 0.15) is 121 Å². The van der Waals surface area contributed by atoms with E-state index in [4.69, 9.17) is 33.2 Å². The third kappa shape index (κ3) is 37.5. The normalized spacial score (nSPS) is 12.8. The Morgan fingerprint density at radius 1 is 0.429 bits per heavy atom. The highest BCUT2D eigenvalue weighted by Gasteiger charge is 2.30. The summed E-state index contributed by atoms with van der Waals surface area (Å²) < 4.78 is 38.8. The molecule has 0 aromatic heterocycles. The molecule has 0 saturated carbocycles. The highest BCUT2D eigenvalue weighted by atomic mass is 16.6. The zero-order valence-electron chi connectivity index (χ0n) is 52.3. The van der Waals surface area contributed by atoms with Crippen LogP contribution in [0.25, 0.3) is 0 Å². The van der Waals surface area contributed by atoms with Gasteiger partial charge in [-0.25, -0.2) is 4.79 Å². The van der Waals surface area contributed by atoms with Crippen LogP contribution in [0, 0.1) is 0 Å². The Morgan fingerprint density at radius 2 is 0.821 bits per heavy atom. The van der Waals surface area contributed by atoms with E-state index >= 15 is 0 Å². The van der Waals surface area contributed by atoms with Crippen molar-refractivity contribution in [1.29, 1.82) is 0 Å². The van der Waals surface area contributed by atoms with Crippen LogP contribution in [-0.2, 0) is 84.4 Å². The number of nitrogens with one attached hydrogen (secondary N) is 5. The molecule has 472 valence electrons. The van der Waals surface area contributed by atoms with Crippen molar-refractivity contribution in [3.63, 3.8) is 0 Å². The maximum atomic E-state index is 13.6. The van der Waals surface area contributed by atoms with Crippen LogP contribution in [-0.4, -0.2) is 200 Å². The first-order valence-electron chi connectivity index (χ1n) is 28.4. The number of nitrogens with zero attached hydrogens (tertiary/aromatic N) is 3. The van der Waals surface area contributed by atoms with Crippen LogP contribution < -0.4 is 26.8 Å². The molecule has 2 aromatic rings. The molecule has 0 saturated heterocycles. The summed E-state index contributed by atoms with van der Waals surface area (Å²) in [5, 5.41) is 8.06. The van der Waals surface area contributed by atoms with Crippen molar-refractivity contribution in [2.24, 2.45) is 0 Å². The molecule has 84 heavy (non-hydrogen) atoms. The Morgan fingerprint density at radius 3 is 1.25 bits per heavy atom. The quantitative estimate of drug-likeness (QED) is 0.0294. The molecule has 0 heterocycles. The summed E-state index contributed by atoms with van der Waals surface area (Å²) in [4.78, 5) is 123. The molecule has 5 N–H and O–H groups in total. The monoisotopic (exact) mass is 1180 g/mol. The lowest BCUT2D eigenvalue weighted by Crippen LogP contribution is -2.57. The summed E-state index contributed by atoms with van der Waals surface area (Å²) in [6.07, 6.45) is -0.126. The van der Waals surface area contributed by atoms with Gasteiger partial charge in [0.25, 0.3) is 11.8 Å². The Balaban J connectivity index is 2.09. The summed E-state index contributed by atoms with van der Waals surface area (Å²) in [5.74, 6) is -4.75. The molecule has 0 bridgehead atoms. The number of esters is 4. The van der Waals surface area contributed by atoms with Gasteiger partial charge in [-0.2, -0.15) is 0 Å². The third-order valence-corrected chi connectivity index (χ3v) is 10.9. The second-order valence-corrected chi connectivity index (χ2v) is 25.1. The molecule has 2 rings (SSSR count). The second-order valence-electron chi connectivity index (χ2n) is 25.1. The SMILES string of the molecule is CC(C)(C)OC(=O)CN(CCN(CCN(CC(=O)OC(C)(C)C)CC(=O)OC(C)(C)C)CC(=O)NCCOCCOCC(=O)NC(Cc1ccccc1)C(=O)NNC(=O)[C@@H](CCc1ccccc1)NC(=O)OC(C)(C)C)CC(=O)OC(C)(C)C. The summed E-state index contributed by atoms with van der Waals surface area (Å²) in [5.41, 5.74) is 2.42. The van der Waals surface area contributed by atoms with Gasteiger partial charge in [0.2, 0.25) is 11.8 Å². The molecule has 0 aliphatic carbocycles. The predicted molar refractivity (Wildman–Crippen MR) is 314 cm³/mol. The van der Waals surface area contributed by atoms with E-state index in [0.717, 1.165) is 11.1 Å². The van der Waals surface area contributed by atoms with Crippen molar-refractivity contribution in [2.75, 3.05) is 91.9 Å². The molecular weight excluding hydrogens is 1090 g/mol. The number of hydrogen-bond donors (Lipinski definition) is 5. The Bertz CT molecular complexity index is 2270. The average Bonchev–Trinajstić information content (AvgIpc) is 3.35.